The van der Waals surface area contributed by atoms with E-state index < -0.39 is 11.3 Å². The monoisotopic (exact) mass is 400 g/mol. The zero-order valence-electron chi connectivity index (χ0n) is 17.0. The topological polar surface area (TPSA) is 97.4 Å². The fourth-order valence-corrected chi connectivity index (χ4v) is 5.57. The lowest BCUT2D eigenvalue weighted by Crippen LogP contribution is -2.42. The molecule has 3 aromatic rings. The van der Waals surface area contributed by atoms with E-state index in [4.69, 9.17) is 5.73 Å². The highest BCUT2D eigenvalue weighted by atomic mass is 14.7. The predicted octanol–water partition coefficient (Wildman–Crippen LogP) is 5.59. The molecular formula is C27H20N4. The number of allylic oxidation sites excluding steroid dienone is 4. The molecule has 2 aliphatic carbocycles. The molecule has 31 heavy (non-hydrogen) atoms. The normalized spacial score (nSPS) is 22.2. The van der Waals surface area contributed by atoms with Gasteiger partial charge in [0, 0.05) is 5.92 Å². The summed E-state index contributed by atoms with van der Waals surface area (Å²) < 4.78 is 0. The summed E-state index contributed by atoms with van der Waals surface area (Å²) in [5, 5.41) is 34.8. The Labute approximate surface area is 181 Å². The molecule has 0 unspecified atom stereocenters. The SMILES string of the molecule is N#CC1=C(N)C(C#N)(C#N)[C@@H](c2c3ccccc3cc3ccccc23)[C@@H]2CCCC=C12. The summed E-state index contributed by atoms with van der Waals surface area (Å²) in [5.41, 5.74) is 7.17. The van der Waals surface area contributed by atoms with Gasteiger partial charge in [-0.25, -0.2) is 0 Å². The Morgan fingerprint density at radius 2 is 1.52 bits per heavy atom. The molecule has 148 valence electrons. The van der Waals surface area contributed by atoms with Crippen LogP contribution in [0.1, 0.15) is 30.7 Å². The van der Waals surface area contributed by atoms with Crippen LogP contribution in [0.4, 0.5) is 0 Å². The lowest BCUT2D eigenvalue weighted by atomic mass is 9.56. The molecule has 2 aliphatic rings. The van der Waals surface area contributed by atoms with Crippen LogP contribution in [0.5, 0.6) is 0 Å². The molecule has 0 aliphatic heterocycles. The van der Waals surface area contributed by atoms with Crippen molar-refractivity contribution in [3.63, 3.8) is 0 Å². The van der Waals surface area contributed by atoms with Crippen molar-refractivity contribution < 1.29 is 0 Å². The molecule has 0 radical (unpaired) electrons. The summed E-state index contributed by atoms with van der Waals surface area (Å²) in [6, 6.07) is 25.1. The lowest BCUT2D eigenvalue weighted by molar-refractivity contribution is 0.321. The third-order valence-corrected chi connectivity index (χ3v) is 6.92. The van der Waals surface area contributed by atoms with E-state index >= 15 is 0 Å². The first-order chi connectivity index (χ1) is 15.2. The summed E-state index contributed by atoms with van der Waals surface area (Å²) in [6.07, 6.45) is 4.73. The maximum atomic E-state index is 10.4. The van der Waals surface area contributed by atoms with Gasteiger partial charge in [0.1, 0.15) is 6.07 Å². The second-order valence-corrected chi connectivity index (χ2v) is 8.34. The van der Waals surface area contributed by atoms with Gasteiger partial charge in [0.2, 0.25) is 0 Å². The molecule has 0 saturated carbocycles. The van der Waals surface area contributed by atoms with Gasteiger partial charge in [0.05, 0.1) is 23.4 Å². The van der Waals surface area contributed by atoms with Gasteiger partial charge in [0.25, 0.3) is 0 Å². The van der Waals surface area contributed by atoms with Crippen molar-refractivity contribution in [3.8, 4) is 18.2 Å². The van der Waals surface area contributed by atoms with E-state index in [1.54, 1.807) is 0 Å². The maximum absolute atomic E-state index is 10.4. The van der Waals surface area contributed by atoms with Crippen molar-refractivity contribution in [1.82, 2.24) is 0 Å². The fourth-order valence-electron chi connectivity index (χ4n) is 5.57. The minimum absolute atomic E-state index is 0.0893. The Bertz CT molecular complexity index is 1350. The van der Waals surface area contributed by atoms with Crippen LogP contribution < -0.4 is 5.73 Å². The van der Waals surface area contributed by atoms with E-state index in [1.165, 1.54) is 0 Å². The van der Waals surface area contributed by atoms with E-state index in [0.29, 0.717) is 5.57 Å². The summed E-state index contributed by atoms with van der Waals surface area (Å²) in [5.74, 6) is -0.564. The summed E-state index contributed by atoms with van der Waals surface area (Å²) in [6.45, 7) is 0. The molecule has 0 fully saturated rings. The minimum Gasteiger partial charge on any atom is -0.399 e. The summed E-state index contributed by atoms with van der Waals surface area (Å²) >= 11 is 0. The zero-order valence-corrected chi connectivity index (χ0v) is 17.0. The van der Waals surface area contributed by atoms with Crippen LogP contribution in [0, 0.1) is 45.3 Å². The van der Waals surface area contributed by atoms with Gasteiger partial charge < -0.3 is 5.73 Å². The van der Waals surface area contributed by atoms with Crippen molar-refractivity contribution in [2.24, 2.45) is 17.1 Å². The Morgan fingerprint density at radius 1 is 0.903 bits per heavy atom. The van der Waals surface area contributed by atoms with Crippen molar-refractivity contribution in [3.05, 3.63) is 83.1 Å². The minimum atomic E-state index is -1.60. The molecule has 0 bridgehead atoms. The van der Waals surface area contributed by atoms with E-state index in [9.17, 15) is 15.8 Å². The number of nitriles is 3. The van der Waals surface area contributed by atoms with Crippen molar-refractivity contribution in [2.75, 3.05) is 0 Å². The number of fused-ring (bicyclic) bond motifs is 3. The number of rotatable bonds is 1. The molecule has 0 saturated heterocycles. The van der Waals surface area contributed by atoms with Crippen molar-refractivity contribution in [2.45, 2.75) is 25.2 Å². The third kappa shape index (κ3) is 2.51. The van der Waals surface area contributed by atoms with Gasteiger partial charge >= 0.3 is 0 Å². The van der Waals surface area contributed by atoms with Crippen molar-refractivity contribution in [1.29, 1.82) is 15.8 Å². The van der Waals surface area contributed by atoms with E-state index in [0.717, 1.165) is 51.9 Å². The predicted molar refractivity (Wildman–Crippen MR) is 120 cm³/mol. The van der Waals surface area contributed by atoms with E-state index in [2.05, 4.69) is 54.6 Å². The largest absolute Gasteiger partial charge is 0.399 e. The molecular weight excluding hydrogens is 380 g/mol. The fraction of sp³-hybridized carbons (Fsp3) is 0.222. The van der Waals surface area contributed by atoms with Crippen LogP contribution in [0.3, 0.4) is 0 Å². The van der Waals surface area contributed by atoms with Crippen LogP contribution in [-0.4, -0.2) is 0 Å². The van der Waals surface area contributed by atoms with Crippen LogP contribution in [-0.2, 0) is 0 Å². The smallest absolute Gasteiger partial charge is 0.191 e. The highest BCUT2D eigenvalue weighted by molar-refractivity contribution is 6.03. The molecule has 2 N–H and O–H groups in total. The molecule has 0 spiro atoms. The number of benzene rings is 3. The lowest BCUT2D eigenvalue weighted by Gasteiger charge is -2.44. The van der Waals surface area contributed by atoms with Gasteiger partial charge in [-0.2, -0.15) is 15.8 Å². The second kappa shape index (κ2) is 7.02. The highest BCUT2D eigenvalue weighted by Crippen LogP contribution is 2.57. The molecule has 0 heterocycles. The third-order valence-electron chi connectivity index (χ3n) is 6.92. The Morgan fingerprint density at radius 3 is 2.10 bits per heavy atom. The highest BCUT2D eigenvalue weighted by Gasteiger charge is 2.54. The molecule has 4 heteroatoms. The average Bonchev–Trinajstić information content (AvgIpc) is 2.82. The van der Waals surface area contributed by atoms with E-state index in [1.807, 2.05) is 24.3 Å². The van der Waals surface area contributed by atoms with Gasteiger partial charge in [0.15, 0.2) is 5.41 Å². The molecule has 2 atom stereocenters. The summed E-state index contributed by atoms with van der Waals surface area (Å²) in [7, 11) is 0. The standard InChI is InChI=1S/C27H20N4/c28-14-23-21-11-5-6-12-22(21)25(27(15-29,16-30)26(23)31)24-19-9-3-1-7-17(19)13-18-8-2-4-10-20(18)24/h1-4,7-11,13,22,25H,5-6,12,31H2/t22-,25-/m1/s1. The van der Waals surface area contributed by atoms with Crippen LogP contribution in [0.15, 0.2) is 77.5 Å². The van der Waals surface area contributed by atoms with Gasteiger partial charge in [-0.15, -0.1) is 0 Å². The van der Waals surface area contributed by atoms with Gasteiger partial charge in [-0.3, -0.25) is 0 Å². The molecule has 0 aromatic heterocycles. The van der Waals surface area contributed by atoms with Crippen LogP contribution in [0.25, 0.3) is 21.5 Å². The van der Waals surface area contributed by atoms with Gasteiger partial charge in [-0.05, 0) is 63.9 Å². The first-order valence-electron chi connectivity index (χ1n) is 10.5. The van der Waals surface area contributed by atoms with E-state index in [-0.39, 0.29) is 11.6 Å². The number of hydrogen-bond acceptors (Lipinski definition) is 4. The van der Waals surface area contributed by atoms with Crippen molar-refractivity contribution >= 4 is 21.5 Å². The molecule has 0 amide bonds. The molecule has 5 rings (SSSR count). The first-order valence-corrected chi connectivity index (χ1v) is 10.5. The Hall–Kier alpha value is -4.07. The number of hydrogen-bond donors (Lipinski definition) is 1. The molecule has 3 aromatic carbocycles. The number of nitrogens with zero attached hydrogens (tertiary/aromatic N) is 3. The number of nitrogens with two attached hydrogens (primary N) is 1. The quantitative estimate of drug-likeness (QED) is 0.539. The summed E-state index contributed by atoms with van der Waals surface area (Å²) in [4.78, 5) is 0. The average molecular weight is 400 g/mol. The van der Waals surface area contributed by atoms with Gasteiger partial charge in [-0.1, -0.05) is 54.6 Å². The Kier molecular flexibility index (Phi) is 4.28. The zero-order chi connectivity index (χ0) is 21.6. The van der Waals surface area contributed by atoms with Crippen LogP contribution >= 0.6 is 0 Å². The first kappa shape index (κ1) is 18.9. The maximum Gasteiger partial charge on any atom is 0.191 e. The van der Waals surface area contributed by atoms with Crippen LogP contribution in [0.2, 0.25) is 0 Å². The molecule has 4 nitrogen and oxygen atoms in total. The Balaban J connectivity index is 1.97. The second-order valence-electron chi connectivity index (χ2n) is 8.34.